The number of nitrogens with zero attached hydrogens (tertiary/aromatic N) is 1. The molecule has 0 bridgehead atoms. The first-order chi connectivity index (χ1) is 10.0. The maximum absolute atomic E-state index is 11.8. The smallest absolute Gasteiger partial charge is 0.414 e. The molecule has 0 atom stereocenters. The van der Waals surface area contributed by atoms with Crippen LogP contribution < -0.4 is 10.1 Å². The number of alkyl carbamates (subject to hydrolysis) is 1. The SMILES string of the molecule is CCOC(=O)NC(=O)/C(C#N)=C\c1cc(Br)ccc1OC. The predicted octanol–water partition coefficient (Wildman–Crippen LogP) is 2.64. The molecule has 0 unspecified atom stereocenters. The van der Waals surface area contributed by atoms with Crippen LogP contribution in [-0.2, 0) is 9.53 Å². The highest BCUT2D eigenvalue weighted by Crippen LogP contribution is 2.25. The number of ether oxygens (including phenoxy) is 2. The summed E-state index contributed by atoms with van der Waals surface area (Å²) in [4.78, 5) is 23.0. The van der Waals surface area contributed by atoms with Gasteiger partial charge in [-0.3, -0.25) is 10.1 Å². The van der Waals surface area contributed by atoms with Crippen molar-refractivity contribution in [3.05, 3.63) is 33.8 Å². The summed E-state index contributed by atoms with van der Waals surface area (Å²) in [6.45, 7) is 1.74. The number of carbonyl (C=O) groups is 2. The maximum Gasteiger partial charge on any atom is 0.414 e. The zero-order valence-corrected chi connectivity index (χ0v) is 13.1. The molecule has 1 rings (SSSR count). The third-order valence-electron chi connectivity index (χ3n) is 2.35. The number of nitrogens with one attached hydrogen (secondary N) is 1. The summed E-state index contributed by atoms with van der Waals surface area (Å²) in [5, 5.41) is 11.0. The fraction of sp³-hybridized carbons (Fsp3) is 0.214. The fourth-order valence-electron chi connectivity index (χ4n) is 1.45. The van der Waals surface area contributed by atoms with Gasteiger partial charge in [-0.15, -0.1) is 0 Å². The highest BCUT2D eigenvalue weighted by molar-refractivity contribution is 9.10. The zero-order valence-electron chi connectivity index (χ0n) is 11.5. The van der Waals surface area contributed by atoms with Gasteiger partial charge in [-0.1, -0.05) is 15.9 Å². The van der Waals surface area contributed by atoms with E-state index in [0.29, 0.717) is 11.3 Å². The number of nitriles is 1. The van der Waals surface area contributed by atoms with Crippen molar-refractivity contribution >= 4 is 34.0 Å². The molecule has 0 aliphatic rings. The lowest BCUT2D eigenvalue weighted by Crippen LogP contribution is -2.31. The molecule has 0 aromatic heterocycles. The lowest BCUT2D eigenvalue weighted by molar-refractivity contribution is -0.116. The Bertz CT molecular complexity index is 620. The Hall–Kier alpha value is -2.33. The maximum atomic E-state index is 11.8. The Morgan fingerprint density at radius 2 is 2.19 bits per heavy atom. The monoisotopic (exact) mass is 352 g/mol. The molecular formula is C14H13BrN2O4. The van der Waals surface area contributed by atoms with Gasteiger partial charge in [0.05, 0.1) is 13.7 Å². The van der Waals surface area contributed by atoms with Crippen LogP contribution in [0.1, 0.15) is 12.5 Å². The highest BCUT2D eigenvalue weighted by atomic mass is 79.9. The molecule has 6 nitrogen and oxygen atoms in total. The molecule has 0 saturated carbocycles. The van der Waals surface area contributed by atoms with Gasteiger partial charge in [-0.2, -0.15) is 5.26 Å². The number of hydrogen-bond donors (Lipinski definition) is 1. The highest BCUT2D eigenvalue weighted by Gasteiger charge is 2.14. The predicted molar refractivity (Wildman–Crippen MR) is 79.4 cm³/mol. The lowest BCUT2D eigenvalue weighted by Gasteiger charge is -2.06. The Balaban J connectivity index is 3.04. The molecule has 0 radical (unpaired) electrons. The van der Waals surface area contributed by atoms with Crippen LogP contribution in [0.25, 0.3) is 6.08 Å². The van der Waals surface area contributed by atoms with E-state index in [2.05, 4.69) is 20.7 Å². The second-order valence-electron chi connectivity index (χ2n) is 3.73. The first-order valence-corrected chi connectivity index (χ1v) is 6.74. The lowest BCUT2D eigenvalue weighted by atomic mass is 10.1. The number of rotatable bonds is 4. The molecule has 2 amide bonds. The minimum atomic E-state index is -0.898. The number of amides is 2. The van der Waals surface area contributed by atoms with Crippen LogP contribution in [0.4, 0.5) is 4.79 Å². The molecule has 21 heavy (non-hydrogen) atoms. The van der Waals surface area contributed by atoms with Gasteiger partial charge in [0.15, 0.2) is 0 Å². The van der Waals surface area contributed by atoms with Crippen molar-refractivity contribution < 1.29 is 19.1 Å². The van der Waals surface area contributed by atoms with Gasteiger partial charge in [0.25, 0.3) is 5.91 Å². The molecule has 110 valence electrons. The molecule has 1 aromatic rings. The summed E-state index contributed by atoms with van der Waals surface area (Å²) in [5.41, 5.74) is 0.293. The average molecular weight is 353 g/mol. The molecular weight excluding hydrogens is 340 g/mol. The van der Waals surface area contributed by atoms with E-state index in [4.69, 9.17) is 10.00 Å². The first kappa shape index (κ1) is 16.7. The van der Waals surface area contributed by atoms with Crippen LogP contribution in [0, 0.1) is 11.3 Å². The Labute approximate surface area is 130 Å². The standard InChI is InChI=1S/C14H13BrN2O4/c1-3-21-14(19)17-13(18)10(8-16)6-9-7-11(15)4-5-12(9)20-2/h4-7H,3H2,1-2H3,(H,17,18,19)/b10-6-. The molecule has 1 N–H and O–H groups in total. The molecule has 0 spiro atoms. The van der Waals surface area contributed by atoms with Crippen molar-refractivity contribution in [3.63, 3.8) is 0 Å². The third kappa shape index (κ3) is 4.93. The van der Waals surface area contributed by atoms with Crippen LogP contribution >= 0.6 is 15.9 Å². The van der Waals surface area contributed by atoms with Crippen LogP contribution in [0.3, 0.4) is 0 Å². The third-order valence-corrected chi connectivity index (χ3v) is 2.84. The number of imide groups is 1. The molecule has 0 aliphatic heterocycles. The van der Waals surface area contributed by atoms with Crippen LogP contribution in [0.15, 0.2) is 28.2 Å². The van der Waals surface area contributed by atoms with Gasteiger partial charge in [0.1, 0.15) is 17.4 Å². The van der Waals surface area contributed by atoms with Crippen molar-refractivity contribution in [2.24, 2.45) is 0 Å². The first-order valence-electron chi connectivity index (χ1n) is 5.95. The van der Waals surface area contributed by atoms with Gasteiger partial charge < -0.3 is 9.47 Å². The topological polar surface area (TPSA) is 88.4 Å². The Morgan fingerprint density at radius 3 is 2.76 bits per heavy atom. The summed E-state index contributed by atoms with van der Waals surface area (Å²) >= 11 is 3.29. The van der Waals surface area contributed by atoms with E-state index in [0.717, 1.165) is 4.47 Å². The second-order valence-corrected chi connectivity index (χ2v) is 4.65. The number of methoxy groups -OCH3 is 1. The average Bonchev–Trinajstić information content (AvgIpc) is 2.44. The van der Waals surface area contributed by atoms with Crippen LogP contribution in [0.5, 0.6) is 5.75 Å². The summed E-state index contributed by atoms with van der Waals surface area (Å²) in [6.07, 6.45) is 0.433. The van der Waals surface area contributed by atoms with Crippen LogP contribution in [-0.4, -0.2) is 25.7 Å². The second kappa shape index (κ2) is 8.07. The van der Waals surface area contributed by atoms with Gasteiger partial charge in [-0.25, -0.2) is 4.79 Å². The Kier molecular flexibility index (Phi) is 6.43. The Morgan fingerprint density at radius 1 is 1.48 bits per heavy atom. The van der Waals surface area contributed by atoms with Crippen molar-refractivity contribution in [3.8, 4) is 11.8 Å². The molecule has 1 aromatic carbocycles. The fourth-order valence-corrected chi connectivity index (χ4v) is 1.83. The number of carbonyl (C=O) groups excluding carboxylic acids is 2. The van der Waals surface area contributed by atoms with Gasteiger partial charge in [-0.05, 0) is 31.2 Å². The van der Waals surface area contributed by atoms with Gasteiger partial charge in [0.2, 0.25) is 0 Å². The van der Waals surface area contributed by atoms with Gasteiger partial charge in [0, 0.05) is 10.0 Å². The van der Waals surface area contributed by atoms with E-state index in [-0.39, 0.29) is 12.2 Å². The van der Waals surface area contributed by atoms with Crippen molar-refractivity contribution in [2.75, 3.05) is 13.7 Å². The molecule has 0 saturated heterocycles. The molecule has 0 heterocycles. The number of hydrogen-bond acceptors (Lipinski definition) is 5. The summed E-state index contributed by atoms with van der Waals surface area (Å²) in [5.74, 6) is -0.340. The van der Waals surface area contributed by atoms with Crippen molar-refractivity contribution in [1.82, 2.24) is 5.32 Å². The molecule has 0 fully saturated rings. The largest absolute Gasteiger partial charge is 0.496 e. The van der Waals surface area contributed by atoms with E-state index in [1.54, 1.807) is 31.2 Å². The van der Waals surface area contributed by atoms with Crippen molar-refractivity contribution in [1.29, 1.82) is 5.26 Å². The summed E-state index contributed by atoms with van der Waals surface area (Å²) in [7, 11) is 1.48. The molecule has 0 aliphatic carbocycles. The van der Waals surface area contributed by atoms with Gasteiger partial charge >= 0.3 is 6.09 Å². The van der Waals surface area contributed by atoms with E-state index in [9.17, 15) is 9.59 Å². The minimum Gasteiger partial charge on any atom is -0.496 e. The van der Waals surface area contributed by atoms with Crippen LogP contribution in [0.2, 0.25) is 0 Å². The van der Waals surface area contributed by atoms with E-state index < -0.39 is 12.0 Å². The van der Waals surface area contributed by atoms with E-state index in [1.165, 1.54) is 13.2 Å². The summed E-state index contributed by atoms with van der Waals surface area (Å²) < 4.78 is 10.5. The van der Waals surface area contributed by atoms with E-state index in [1.807, 2.05) is 5.32 Å². The zero-order chi connectivity index (χ0) is 15.8. The quantitative estimate of drug-likeness (QED) is 0.664. The summed E-state index contributed by atoms with van der Waals surface area (Å²) in [6, 6.07) is 6.88. The minimum absolute atomic E-state index is 0.129. The number of benzene rings is 1. The normalized spacial score (nSPS) is 10.5. The van der Waals surface area contributed by atoms with Crippen molar-refractivity contribution in [2.45, 2.75) is 6.92 Å². The molecule has 7 heteroatoms. The number of halogens is 1. The van der Waals surface area contributed by atoms with E-state index >= 15 is 0 Å².